The lowest BCUT2D eigenvalue weighted by Gasteiger charge is -2.28. The molecule has 51 heavy (non-hydrogen) atoms. The van der Waals surface area contributed by atoms with Crippen molar-refractivity contribution >= 4 is 46.1 Å². The van der Waals surface area contributed by atoms with Gasteiger partial charge >= 0.3 is 6.09 Å². The lowest BCUT2D eigenvalue weighted by molar-refractivity contribution is -0.131. The molecule has 1 aliphatic carbocycles. The molecule has 1 atom stereocenters. The average molecular weight is 699 g/mol. The van der Waals surface area contributed by atoms with Crippen molar-refractivity contribution < 1.29 is 37.8 Å². The number of likely N-dealkylation sites (tertiary alicyclic amines) is 1. The van der Waals surface area contributed by atoms with Crippen LogP contribution in [0.25, 0.3) is 10.9 Å². The van der Waals surface area contributed by atoms with Gasteiger partial charge in [-0.3, -0.25) is 14.4 Å². The van der Waals surface area contributed by atoms with E-state index < -0.39 is 40.6 Å². The summed E-state index contributed by atoms with van der Waals surface area (Å²) in [6.45, 7) is 6.22. The molecule has 4 amide bonds. The second-order valence-electron chi connectivity index (χ2n) is 13.6. The maximum atomic E-state index is 13.5. The van der Waals surface area contributed by atoms with Crippen LogP contribution in [0.1, 0.15) is 56.8 Å². The summed E-state index contributed by atoms with van der Waals surface area (Å²) in [6.07, 6.45) is 3.25. The van der Waals surface area contributed by atoms with Crippen LogP contribution in [-0.4, -0.2) is 70.5 Å². The highest BCUT2D eigenvalue weighted by molar-refractivity contribution is 6.17. The molecule has 0 unspecified atom stereocenters. The quantitative estimate of drug-likeness (QED) is 0.167. The van der Waals surface area contributed by atoms with Crippen molar-refractivity contribution in [3.63, 3.8) is 0 Å². The molecule has 1 aliphatic heterocycles. The van der Waals surface area contributed by atoms with Gasteiger partial charge in [0.25, 0.3) is 5.91 Å². The number of halogens is 1. The molecule has 0 spiro atoms. The normalized spacial score (nSPS) is 16.3. The number of fused-ring (bicyclic) bond motifs is 1. The third kappa shape index (κ3) is 8.00. The second kappa shape index (κ2) is 14.2. The predicted octanol–water partition coefficient (Wildman–Crippen LogP) is 6.06. The molecule has 266 valence electrons. The largest absolute Gasteiger partial charge is 0.496 e. The third-order valence-electron chi connectivity index (χ3n) is 8.72. The Labute approximate surface area is 293 Å². The molecule has 4 aromatic rings. The number of aromatic nitrogens is 2. The van der Waals surface area contributed by atoms with E-state index in [9.17, 15) is 23.6 Å². The summed E-state index contributed by atoms with van der Waals surface area (Å²) in [7, 11) is 1.46. The number of benzene rings is 3. The Morgan fingerprint density at radius 1 is 0.941 bits per heavy atom. The first-order valence-electron chi connectivity index (χ1n) is 16.6. The minimum absolute atomic E-state index is 0.190. The standard InChI is InChI=1S/C37H39FN6O7/c1-36(2,3)51-35(48)44-17-5-6-25(44)20-39-31(45)28-18-27-29(19-30(28)49-4)40-21-41-32(27)50-26-13-11-24(12-14-26)43-34(47)37(15-16-37)33(46)42-23-9-7-22(38)8-10-23/h7-14,18-19,21,25H,5-6,15-17,20H2,1-4H3,(H,39,45)(H,42,46)(H,43,47)/t25-/m0/s1. The number of nitrogens with zero attached hydrogens (tertiary/aromatic N) is 3. The van der Waals surface area contributed by atoms with Crippen molar-refractivity contribution in [1.82, 2.24) is 20.2 Å². The van der Waals surface area contributed by atoms with E-state index in [-0.39, 0.29) is 24.0 Å². The Morgan fingerprint density at radius 3 is 2.20 bits per heavy atom. The molecule has 2 fully saturated rings. The fourth-order valence-electron chi connectivity index (χ4n) is 5.84. The van der Waals surface area contributed by atoms with Crippen molar-refractivity contribution in [2.75, 3.05) is 30.8 Å². The number of ether oxygens (including phenoxy) is 3. The van der Waals surface area contributed by atoms with Gasteiger partial charge in [0, 0.05) is 30.5 Å². The first-order chi connectivity index (χ1) is 24.3. The highest BCUT2D eigenvalue weighted by atomic mass is 19.1. The van der Waals surface area contributed by atoms with Gasteiger partial charge < -0.3 is 35.1 Å². The van der Waals surface area contributed by atoms with Crippen LogP contribution in [0.2, 0.25) is 0 Å². The maximum Gasteiger partial charge on any atom is 0.410 e. The van der Waals surface area contributed by atoms with E-state index in [1.54, 1.807) is 41.3 Å². The second-order valence-corrected chi connectivity index (χ2v) is 13.6. The molecule has 1 saturated heterocycles. The van der Waals surface area contributed by atoms with Gasteiger partial charge in [-0.15, -0.1) is 0 Å². The monoisotopic (exact) mass is 698 g/mol. The fourth-order valence-corrected chi connectivity index (χ4v) is 5.84. The number of amides is 4. The molecule has 0 bridgehead atoms. The van der Waals surface area contributed by atoms with Crippen LogP contribution >= 0.6 is 0 Å². The zero-order valence-corrected chi connectivity index (χ0v) is 28.7. The number of methoxy groups -OCH3 is 1. The summed E-state index contributed by atoms with van der Waals surface area (Å²) in [6, 6.07) is 14.9. The Hall–Kier alpha value is -5.79. The van der Waals surface area contributed by atoms with Crippen LogP contribution in [0.15, 0.2) is 67.0 Å². The van der Waals surface area contributed by atoms with E-state index >= 15 is 0 Å². The molecule has 2 aliphatic rings. The van der Waals surface area contributed by atoms with E-state index in [4.69, 9.17) is 14.2 Å². The first kappa shape index (κ1) is 35.1. The molecule has 2 heterocycles. The van der Waals surface area contributed by atoms with Crippen LogP contribution in [0.4, 0.5) is 20.6 Å². The molecule has 1 saturated carbocycles. The summed E-state index contributed by atoms with van der Waals surface area (Å²) in [4.78, 5) is 62.5. The van der Waals surface area contributed by atoms with Crippen LogP contribution in [0.3, 0.4) is 0 Å². The van der Waals surface area contributed by atoms with E-state index in [0.717, 1.165) is 12.8 Å². The van der Waals surface area contributed by atoms with Crippen molar-refractivity contribution in [3.05, 3.63) is 78.4 Å². The highest BCUT2D eigenvalue weighted by Gasteiger charge is 2.56. The molecule has 14 heteroatoms. The highest BCUT2D eigenvalue weighted by Crippen LogP contribution is 2.47. The zero-order chi connectivity index (χ0) is 36.3. The Balaban J connectivity index is 1.12. The number of hydrogen-bond donors (Lipinski definition) is 3. The van der Waals surface area contributed by atoms with E-state index in [0.29, 0.717) is 53.2 Å². The van der Waals surface area contributed by atoms with Crippen molar-refractivity contribution in [3.8, 4) is 17.4 Å². The van der Waals surface area contributed by atoms with Gasteiger partial charge in [-0.25, -0.2) is 19.2 Å². The summed E-state index contributed by atoms with van der Waals surface area (Å²) < 4.78 is 30.4. The minimum atomic E-state index is -1.21. The van der Waals surface area contributed by atoms with Gasteiger partial charge in [-0.2, -0.15) is 0 Å². The Bertz CT molecular complexity index is 1960. The molecular formula is C37H39FN6O7. The number of carbonyl (C=O) groups excluding carboxylic acids is 4. The van der Waals surface area contributed by atoms with Crippen LogP contribution in [0, 0.1) is 11.2 Å². The van der Waals surface area contributed by atoms with Gasteiger partial charge in [-0.05, 0) is 101 Å². The van der Waals surface area contributed by atoms with Gasteiger partial charge in [0.2, 0.25) is 17.7 Å². The molecule has 3 aromatic carbocycles. The topological polar surface area (TPSA) is 161 Å². The SMILES string of the molecule is COc1cc2ncnc(Oc3ccc(NC(=O)C4(C(=O)Nc5ccc(F)cc5)CC4)cc3)c2cc1C(=O)NC[C@@H]1CCCN1C(=O)OC(C)(C)C. The molecule has 6 rings (SSSR count). The zero-order valence-electron chi connectivity index (χ0n) is 28.7. The Kier molecular flexibility index (Phi) is 9.77. The predicted molar refractivity (Wildman–Crippen MR) is 186 cm³/mol. The smallest absolute Gasteiger partial charge is 0.410 e. The van der Waals surface area contributed by atoms with Gasteiger partial charge in [0.05, 0.1) is 29.6 Å². The number of anilines is 2. The van der Waals surface area contributed by atoms with E-state index in [2.05, 4.69) is 25.9 Å². The number of hydrogen-bond acceptors (Lipinski definition) is 9. The maximum absolute atomic E-state index is 13.5. The molecule has 1 aromatic heterocycles. The molecular weight excluding hydrogens is 659 g/mol. The van der Waals surface area contributed by atoms with Crippen molar-refractivity contribution in [2.45, 2.75) is 58.1 Å². The van der Waals surface area contributed by atoms with Gasteiger partial charge in [0.15, 0.2) is 0 Å². The van der Waals surface area contributed by atoms with E-state index in [1.165, 1.54) is 37.7 Å². The summed E-state index contributed by atoms with van der Waals surface area (Å²) in [5.41, 5.74) is -0.250. The number of nitrogens with one attached hydrogen (secondary N) is 3. The first-order valence-corrected chi connectivity index (χ1v) is 16.6. The Morgan fingerprint density at radius 2 is 1.59 bits per heavy atom. The fraction of sp³-hybridized carbons (Fsp3) is 0.351. The van der Waals surface area contributed by atoms with Crippen LogP contribution in [-0.2, 0) is 14.3 Å². The summed E-state index contributed by atoms with van der Waals surface area (Å²) in [5, 5.41) is 8.88. The van der Waals surface area contributed by atoms with Crippen molar-refractivity contribution in [1.29, 1.82) is 0 Å². The third-order valence-corrected chi connectivity index (χ3v) is 8.72. The van der Waals surface area contributed by atoms with Crippen LogP contribution < -0.4 is 25.4 Å². The minimum Gasteiger partial charge on any atom is -0.496 e. The summed E-state index contributed by atoms with van der Waals surface area (Å²) >= 11 is 0. The lowest BCUT2D eigenvalue weighted by Crippen LogP contribution is -2.45. The van der Waals surface area contributed by atoms with Crippen LogP contribution in [0.5, 0.6) is 17.4 Å². The molecule has 3 N–H and O–H groups in total. The summed E-state index contributed by atoms with van der Waals surface area (Å²) in [5.74, 6) is -0.830. The lowest BCUT2D eigenvalue weighted by atomic mass is 10.0. The molecule has 0 radical (unpaired) electrons. The average Bonchev–Trinajstić information content (AvgIpc) is 3.79. The van der Waals surface area contributed by atoms with Gasteiger partial charge in [0.1, 0.15) is 34.7 Å². The number of carbonyl (C=O) groups is 4. The molecule has 13 nitrogen and oxygen atoms in total. The van der Waals surface area contributed by atoms with Gasteiger partial charge in [-0.1, -0.05) is 0 Å². The number of rotatable bonds is 10. The van der Waals surface area contributed by atoms with Crippen molar-refractivity contribution in [2.24, 2.45) is 5.41 Å². The van der Waals surface area contributed by atoms with E-state index in [1.807, 2.05) is 20.8 Å².